The predicted molar refractivity (Wildman–Crippen MR) is 92.9 cm³/mol. The Hall–Kier alpha value is -1.55. The van der Waals surface area contributed by atoms with Crippen molar-refractivity contribution in [1.82, 2.24) is 5.32 Å². The standard InChI is InChI=1S/C19H22ClNO2/c20-17-8-6-15(7-9-17)14-23-18-4-1-3-16(11-18)12-21-13-19-5-2-10-22-19/h1,3-4,6-9,11,19,21H,2,5,10,12-14H2. The zero-order valence-corrected chi connectivity index (χ0v) is 13.9. The smallest absolute Gasteiger partial charge is 0.120 e. The molecule has 122 valence electrons. The van der Waals surface area contributed by atoms with E-state index in [-0.39, 0.29) is 0 Å². The number of benzene rings is 2. The molecule has 1 N–H and O–H groups in total. The molecular weight excluding hydrogens is 310 g/mol. The Morgan fingerprint density at radius 1 is 1.13 bits per heavy atom. The van der Waals surface area contributed by atoms with Gasteiger partial charge in [0.15, 0.2) is 0 Å². The molecule has 1 heterocycles. The van der Waals surface area contributed by atoms with Gasteiger partial charge in [-0.05, 0) is 48.2 Å². The first-order chi connectivity index (χ1) is 11.3. The molecule has 0 aliphatic carbocycles. The zero-order chi connectivity index (χ0) is 15.9. The minimum Gasteiger partial charge on any atom is -0.489 e. The molecule has 0 bridgehead atoms. The summed E-state index contributed by atoms with van der Waals surface area (Å²) in [4.78, 5) is 0. The van der Waals surface area contributed by atoms with Crippen LogP contribution in [0.3, 0.4) is 0 Å². The van der Waals surface area contributed by atoms with E-state index in [4.69, 9.17) is 21.1 Å². The summed E-state index contributed by atoms with van der Waals surface area (Å²) in [5.74, 6) is 0.886. The van der Waals surface area contributed by atoms with Crippen molar-refractivity contribution in [3.63, 3.8) is 0 Å². The molecule has 1 saturated heterocycles. The van der Waals surface area contributed by atoms with Crippen molar-refractivity contribution in [3.05, 3.63) is 64.7 Å². The highest BCUT2D eigenvalue weighted by atomic mass is 35.5. The quantitative estimate of drug-likeness (QED) is 0.825. The largest absolute Gasteiger partial charge is 0.489 e. The van der Waals surface area contributed by atoms with Crippen molar-refractivity contribution in [3.8, 4) is 5.75 Å². The lowest BCUT2D eigenvalue weighted by Crippen LogP contribution is -2.25. The predicted octanol–water partition coefficient (Wildman–Crippen LogP) is 4.19. The molecule has 1 fully saturated rings. The van der Waals surface area contributed by atoms with Crippen molar-refractivity contribution >= 4 is 11.6 Å². The van der Waals surface area contributed by atoms with Gasteiger partial charge < -0.3 is 14.8 Å². The second-order valence-electron chi connectivity index (χ2n) is 5.83. The average molecular weight is 332 g/mol. The number of rotatable bonds is 7. The van der Waals surface area contributed by atoms with Crippen molar-refractivity contribution in [2.24, 2.45) is 0 Å². The van der Waals surface area contributed by atoms with Crippen molar-refractivity contribution in [1.29, 1.82) is 0 Å². The average Bonchev–Trinajstić information content (AvgIpc) is 3.08. The zero-order valence-electron chi connectivity index (χ0n) is 13.1. The maximum absolute atomic E-state index is 5.89. The molecule has 1 aliphatic heterocycles. The van der Waals surface area contributed by atoms with Crippen LogP contribution < -0.4 is 10.1 Å². The van der Waals surface area contributed by atoms with E-state index in [1.165, 1.54) is 12.0 Å². The van der Waals surface area contributed by atoms with Crippen LogP contribution in [0.4, 0.5) is 0 Å². The molecule has 0 aromatic heterocycles. The maximum atomic E-state index is 5.89. The fraction of sp³-hybridized carbons (Fsp3) is 0.368. The molecule has 2 aromatic rings. The molecule has 23 heavy (non-hydrogen) atoms. The number of ether oxygens (including phenoxy) is 2. The molecule has 1 atom stereocenters. The third kappa shape index (κ3) is 5.24. The first kappa shape index (κ1) is 16.3. The van der Waals surface area contributed by atoms with Gasteiger partial charge >= 0.3 is 0 Å². The van der Waals surface area contributed by atoms with Crippen molar-refractivity contribution in [2.75, 3.05) is 13.2 Å². The van der Waals surface area contributed by atoms with Gasteiger partial charge in [0.25, 0.3) is 0 Å². The van der Waals surface area contributed by atoms with Gasteiger partial charge in [0, 0.05) is 24.7 Å². The van der Waals surface area contributed by atoms with E-state index >= 15 is 0 Å². The molecule has 0 spiro atoms. The molecule has 1 aliphatic rings. The highest BCUT2D eigenvalue weighted by Gasteiger charge is 2.14. The number of hydrogen-bond donors (Lipinski definition) is 1. The van der Waals surface area contributed by atoms with E-state index in [9.17, 15) is 0 Å². The van der Waals surface area contributed by atoms with Crippen LogP contribution in [0.25, 0.3) is 0 Å². The third-order valence-electron chi connectivity index (χ3n) is 3.94. The lowest BCUT2D eigenvalue weighted by Gasteiger charge is -2.12. The number of hydrogen-bond acceptors (Lipinski definition) is 3. The molecule has 2 aromatic carbocycles. The second kappa shape index (κ2) is 8.34. The fourth-order valence-corrected chi connectivity index (χ4v) is 2.80. The highest BCUT2D eigenvalue weighted by molar-refractivity contribution is 6.30. The highest BCUT2D eigenvalue weighted by Crippen LogP contribution is 2.17. The van der Waals surface area contributed by atoms with Gasteiger partial charge in [-0.3, -0.25) is 0 Å². The lowest BCUT2D eigenvalue weighted by molar-refractivity contribution is 0.110. The first-order valence-electron chi connectivity index (χ1n) is 8.08. The molecule has 0 radical (unpaired) electrons. The summed E-state index contributed by atoms with van der Waals surface area (Å²) in [7, 11) is 0. The normalized spacial score (nSPS) is 17.3. The van der Waals surface area contributed by atoms with Crippen LogP contribution in [-0.4, -0.2) is 19.3 Å². The summed E-state index contributed by atoms with van der Waals surface area (Å²) in [6, 6.07) is 15.9. The third-order valence-corrected chi connectivity index (χ3v) is 4.19. The SMILES string of the molecule is Clc1ccc(COc2cccc(CNCC3CCCO3)c2)cc1. The van der Waals surface area contributed by atoms with Crippen LogP contribution in [-0.2, 0) is 17.9 Å². The van der Waals surface area contributed by atoms with Gasteiger partial charge in [0.2, 0.25) is 0 Å². The van der Waals surface area contributed by atoms with Crippen LogP contribution in [0.1, 0.15) is 24.0 Å². The van der Waals surface area contributed by atoms with E-state index in [0.717, 1.165) is 42.5 Å². The van der Waals surface area contributed by atoms with Crippen LogP contribution >= 0.6 is 11.6 Å². The van der Waals surface area contributed by atoms with Crippen molar-refractivity contribution in [2.45, 2.75) is 32.1 Å². The minimum atomic E-state index is 0.374. The van der Waals surface area contributed by atoms with E-state index in [2.05, 4.69) is 17.4 Å². The molecule has 3 nitrogen and oxygen atoms in total. The van der Waals surface area contributed by atoms with Gasteiger partial charge in [0.05, 0.1) is 6.10 Å². The summed E-state index contributed by atoms with van der Waals surface area (Å²) in [5, 5.41) is 4.20. The lowest BCUT2D eigenvalue weighted by atomic mass is 10.2. The number of halogens is 1. The molecule has 3 rings (SSSR count). The van der Waals surface area contributed by atoms with Crippen LogP contribution in [0, 0.1) is 0 Å². The Kier molecular flexibility index (Phi) is 5.92. The monoisotopic (exact) mass is 331 g/mol. The maximum Gasteiger partial charge on any atom is 0.120 e. The second-order valence-corrected chi connectivity index (χ2v) is 6.26. The summed E-state index contributed by atoms with van der Waals surface area (Å²) in [6.07, 6.45) is 2.72. The molecule has 0 saturated carbocycles. The van der Waals surface area contributed by atoms with Gasteiger partial charge in [-0.2, -0.15) is 0 Å². The fourth-order valence-electron chi connectivity index (χ4n) is 2.68. The van der Waals surface area contributed by atoms with E-state index in [1.54, 1.807) is 0 Å². The van der Waals surface area contributed by atoms with Gasteiger partial charge in [-0.1, -0.05) is 35.9 Å². The van der Waals surface area contributed by atoms with E-state index in [0.29, 0.717) is 12.7 Å². The Balaban J connectivity index is 1.47. The van der Waals surface area contributed by atoms with Gasteiger partial charge in [-0.15, -0.1) is 0 Å². The van der Waals surface area contributed by atoms with Gasteiger partial charge in [0.1, 0.15) is 12.4 Å². The van der Waals surface area contributed by atoms with E-state index < -0.39 is 0 Å². The first-order valence-corrected chi connectivity index (χ1v) is 8.46. The molecule has 4 heteroatoms. The Morgan fingerprint density at radius 2 is 2.00 bits per heavy atom. The summed E-state index contributed by atoms with van der Waals surface area (Å²) >= 11 is 5.89. The molecule has 0 amide bonds. The number of nitrogens with one attached hydrogen (secondary N) is 1. The Morgan fingerprint density at radius 3 is 2.78 bits per heavy atom. The van der Waals surface area contributed by atoms with Gasteiger partial charge in [-0.25, -0.2) is 0 Å². The van der Waals surface area contributed by atoms with Crippen LogP contribution in [0.15, 0.2) is 48.5 Å². The van der Waals surface area contributed by atoms with Crippen molar-refractivity contribution < 1.29 is 9.47 Å². The van der Waals surface area contributed by atoms with E-state index in [1.807, 2.05) is 36.4 Å². The molecular formula is C19H22ClNO2. The topological polar surface area (TPSA) is 30.5 Å². The summed E-state index contributed by atoms with van der Waals surface area (Å²) in [6.45, 7) is 3.19. The van der Waals surface area contributed by atoms with Crippen LogP contribution in [0.5, 0.6) is 5.75 Å². The Labute approximate surface area is 142 Å². The summed E-state index contributed by atoms with van der Waals surface area (Å²) < 4.78 is 11.5. The molecule has 1 unspecified atom stereocenters. The minimum absolute atomic E-state index is 0.374. The summed E-state index contributed by atoms with van der Waals surface area (Å²) in [5.41, 5.74) is 2.33. The Bertz CT molecular complexity index is 609. The van der Waals surface area contributed by atoms with Crippen LogP contribution in [0.2, 0.25) is 5.02 Å².